The molecule has 0 radical (unpaired) electrons. The van der Waals surface area contributed by atoms with Gasteiger partial charge in [-0.25, -0.2) is 4.98 Å². The van der Waals surface area contributed by atoms with Crippen molar-refractivity contribution in [2.24, 2.45) is 9.98 Å². The summed E-state index contributed by atoms with van der Waals surface area (Å²) in [6.45, 7) is 22.0. The van der Waals surface area contributed by atoms with Crippen molar-refractivity contribution in [3.63, 3.8) is 0 Å². The van der Waals surface area contributed by atoms with E-state index in [1.165, 1.54) is 22.3 Å². The minimum atomic E-state index is 0. The predicted octanol–water partition coefficient (Wildman–Crippen LogP) is 9.91. The van der Waals surface area contributed by atoms with Gasteiger partial charge >= 0.3 is 0 Å². The summed E-state index contributed by atoms with van der Waals surface area (Å²) in [5, 5.41) is 24.0. The maximum absolute atomic E-state index is 6.00. The van der Waals surface area contributed by atoms with Crippen LogP contribution in [0.15, 0.2) is 64.6 Å². The first kappa shape index (κ1) is 37.3. The van der Waals surface area contributed by atoms with Gasteiger partial charge in [-0.05, 0) is 71.9 Å². The van der Waals surface area contributed by atoms with Crippen LogP contribution in [-0.2, 0) is 17.1 Å². The SMILES string of the molecule is CC(=Nc1c(C(C)C)cccc1C(C)C)c1cccc(C(C)=Nc2c(C(C)C)cccc2C(C)C)n1.N#N.N#N.[Fe]. The van der Waals surface area contributed by atoms with E-state index in [1.807, 2.05) is 12.1 Å². The van der Waals surface area contributed by atoms with Gasteiger partial charge in [0, 0.05) is 38.6 Å². The number of benzene rings is 2. The number of nitrogens with zero attached hydrogens (tertiary/aromatic N) is 7. The third-order valence-electron chi connectivity index (χ3n) is 6.73. The van der Waals surface area contributed by atoms with Crippen molar-refractivity contribution in [2.75, 3.05) is 0 Å². The van der Waals surface area contributed by atoms with Gasteiger partial charge in [-0.1, -0.05) is 97.9 Å². The zero-order valence-electron chi connectivity index (χ0n) is 26.0. The molecule has 1 aromatic heterocycles. The van der Waals surface area contributed by atoms with Crippen LogP contribution in [0.5, 0.6) is 0 Å². The molecular weight excluding hydrogens is 550 g/mol. The minimum Gasteiger partial charge on any atom is -0.251 e. The Morgan fingerprint density at radius 1 is 0.512 bits per heavy atom. The molecule has 218 valence electrons. The van der Waals surface area contributed by atoms with Gasteiger partial charge in [-0.2, -0.15) is 0 Å². The van der Waals surface area contributed by atoms with Crippen LogP contribution in [0.25, 0.3) is 0 Å². The average molecular weight is 594 g/mol. The second-order valence-corrected chi connectivity index (χ2v) is 11.0. The Morgan fingerprint density at radius 2 is 0.756 bits per heavy atom. The molecule has 0 atom stereocenters. The molecule has 0 aliphatic heterocycles. The fourth-order valence-electron chi connectivity index (χ4n) is 4.57. The van der Waals surface area contributed by atoms with E-state index in [1.54, 1.807) is 0 Å². The maximum Gasteiger partial charge on any atom is 0.0849 e. The van der Waals surface area contributed by atoms with Gasteiger partial charge in [0.15, 0.2) is 0 Å². The van der Waals surface area contributed by atoms with Gasteiger partial charge in [0.2, 0.25) is 0 Å². The molecule has 0 aliphatic carbocycles. The minimum absolute atomic E-state index is 0. The summed E-state index contributed by atoms with van der Waals surface area (Å²) in [6, 6.07) is 19.2. The second-order valence-electron chi connectivity index (χ2n) is 11.0. The normalized spacial score (nSPS) is 11.5. The zero-order chi connectivity index (χ0) is 30.6. The number of para-hydroxylation sites is 2. The predicted molar refractivity (Wildman–Crippen MR) is 164 cm³/mol. The summed E-state index contributed by atoms with van der Waals surface area (Å²) in [6.07, 6.45) is 0. The van der Waals surface area contributed by atoms with Gasteiger partial charge in [-0.3, -0.25) is 9.98 Å². The fraction of sp³-hybridized carbons (Fsp3) is 0.424. The Kier molecular flexibility index (Phi) is 16.3. The van der Waals surface area contributed by atoms with Crippen LogP contribution in [-0.4, -0.2) is 16.4 Å². The van der Waals surface area contributed by atoms with Crippen LogP contribution >= 0.6 is 0 Å². The topological polar surface area (TPSA) is 133 Å². The molecule has 1 heterocycles. The van der Waals surface area contributed by atoms with Crippen molar-refractivity contribution in [1.82, 2.24) is 4.98 Å². The van der Waals surface area contributed by atoms with Gasteiger partial charge in [0.05, 0.1) is 34.2 Å². The van der Waals surface area contributed by atoms with Gasteiger partial charge in [-0.15, -0.1) is 0 Å². The van der Waals surface area contributed by atoms with E-state index >= 15 is 0 Å². The van der Waals surface area contributed by atoms with Crippen LogP contribution in [0.4, 0.5) is 11.4 Å². The molecule has 2 aromatic carbocycles. The van der Waals surface area contributed by atoms with Crippen LogP contribution in [0.3, 0.4) is 0 Å². The number of hydrogen-bond acceptors (Lipinski definition) is 7. The van der Waals surface area contributed by atoms with Crippen LogP contribution in [0.2, 0.25) is 0 Å². The molecule has 0 amide bonds. The number of aromatic nitrogens is 1. The van der Waals surface area contributed by atoms with Crippen LogP contribution in [0.1, 0.15) is 127 Å². The summed E-state index contributed by atoms with van der Waals surface area (Å²) in [7, 11) is 0. The molecule has 0 unspecified atom stereocenters. The molecule has 0 saturated heterocycles. The summed E-state index contributed by atoms with van der Waals surface area (Å²) in [4.78, 5) is 15.3. The molecule has 7 nitrogen and oxygen atoms in total. The van der Waals surface area contributed by atoms with E-state index in [-0.39, 0.29) is 17.1 Å². The molecule has 0 N–H and O–H groups in total. The standard InChI is InChI=1S/C33H43N3.Fe.2N2/c1-20(2)26-14-11-15-27(21(3)4)32(26)34-24(9)30-18-13-19-31(36-30)25(10)35-33-28(22(5)6)16-12-17-29(33)23(7)8;;2*1-2/h11-23H,1-10H3;;;. The summed E-state index contributed by atoms with van der Waals surface area (Å²) in [5.74, 6) is 1.61. The Labute approximate surface area is 257 Å². The van der Waals surface area contributed by atoms with E-state index in [9.17, 15) is 0 Å². The number of rotatable bonds is 8. The first-order valence-electron chi connectivity index (χ1n) is 13.7. The zero-order valence-corrected chi connectivity index (χ0v) is 27.1. The molecular formula is C33H43FeN7. The van der Waals surface area contributed by atoms with E-state index in [0.717, 1.165) is 34.2 Å². The third-order valence-corrected chi connectivity index (χ3v) is 6.73. The van der Waals surface area contributed by atoms with E-state index < -0.39 is 0 Å². The first-order valence-corrected chi connectivity index (χ1v) is 13.7. The van der Waals surface area contributed by atoms with E-state index in [2.05, 4.69) is 112 Å². The Morgan fingerprint density at radius 3 is 1.00 bits per heavy atom. The molecule has 0 spiro atoms. The smallest absolute Gasteiger partial charge is 0.0849 e. The van der Waals surface area contributed by atoms with Crippen molar-refractivity contribution in [1.29, 1.82) is 21.6 Å². The van der Waals surface area contributed by atoms with Crippen molar-refractivity contribution in [2.45, 2.75) is 92.9 Å². The Hall–Kier alpha value is -3.71. The fourth-order valence-corrected chi connectivity index (χ4v) is 4.57. The van der Waals surface area contributed by atoms with Crippen molar-refractivity contribution < 1.29 is 17.1 Å². The van der Waals surface area contributed by atoms with Crippen molar-refractivity contribution in [3.8, 4) is 0 Å². The quantitative estimate of drug-likeness (QED) is 0.146. The average Bonchev–Trinajstić information content (AvgIpc) is 2.94. The van der Waals surface area contributed by atoms with Crippen LogP contribution < -0.4 is 0 Å². The number of hydrogen-bond donors (Lipinski definition) is 0. The second kappa shape index (κ2) is 17.9. The summed E-state index contributed by atoms with van der Waals surface area (Å²) >= 11 is 0. The first-order chi connectivity index (χ1) is 19.0. The largest absolute Gasteiger partial charge is 0.251 e. The molecule has 0 saturated carbocycles. The maximum atomic E-state index is 6.00. The number of pyridine rings is 1. The number of aliphatic imine (C=N–C) groups is 2. The molecule has 41 heavy (non-hydrogen) atoms. The monoisotopic (exact) mass is 593 g/mol. The molecule has 0 bridgehead atoms. The van der Waals surface area contributed by atoms with E-state index in [0.29, 0.717) is 23.7 Å². The Balaban J connectivity index is 0.00000306. The Bertz CT molecular complexity index is 1210. The van der Waals surface area contributed by atoms with Gasteiger partial charge < -0.3 is 0 Å². The third kappa shape index (κ3) is 9.71. The van der Waals surface area contributed by atoms with Gasteiger partial charge in [0.25, 0.3) is 0 Å². The molecule has 8 heteroatoms. The molecule has 3 aromatic rings. The van der Waals surface area contributed by atoms with Gasteiger partial charge in [0.1, 0.15) is 0 Å². The summed E-state index contributed by atoms with van der Waals surface area (Å²) in [5.41, 5.74) is 10.9. The van der Waals surface area contributed by atoms with Crippen molar-refractivity contribution >= 4 is 22.8 Å². The molecule has 0 aliphatic rings. The van der Waals surface area contributed by atoms with Crippen LogP contribution in [0, 0.1) is 21.6 Å². The van der Waals surface area contributed by atoms with E-state index in [4.69, 9.17) is 36.5 Å². The van der Waals surface area contributed by atoms with Crippen molar-refractivity contribution in [3.05, 3.63) is 88.2 Å². The molecule has 3 rings (SSSR count). The molecule has 0 fully saturated rings. The summed E-state index contributed by atoms with van der Waals surface area (Å²) < 4.78 is 0.